The number of carbonyl (C=O) groups is 2. The van der Waals surface area contributed by atoms with Gasteiger partial charge in [-0.05, 0) is 43.5 Å². The van der Waals surface area contributed by atoms with E-state index in [1.807, 2.05) is 6.08 Å². The summed E-state index contributed by atoms with van der Waals surface area (Å²) in [4.78, 5) is 23.7. The van der Waals surface area contributed by atoms with Crippen LogP contribution in [0.3, 0.4) is 0 Å². The van der Waals surface area contributed by atoms with Crippen LogP contribution in [0.2, 0.25) is 0 Å². The third-order valence-corrected chi connectivity index (χ3v) is 3.29. The van der Waals surface area contributed by atoms with Crippen LogP contribution in [0.5, 0.6) is 5.75 Å². The van der Waals surface area contributed by atoms with Crippen molar-refractivity contribution in [1.82, 2.24) is 10.9 Å². The lowest BCUT2D eigenvalue weighted by Gasteiger charge is -2.17. The van der Waals surface area contributed by atoms with Gasteiger partial charge in [-0.3, -0.25) is 20.4 Å². The average Bonchev–Trinajstić information content (AvgIpc) is 2.53. The van der Waals surface area contributed by atoms with E-state index in [0.717, 1.165) is 19.3 Å². The van der Waals surface area contributed by atoms with Crippen molar-refractivity contribution >= 4 is 11.8 Å². The molecule has 0 saturated carbocycles. The predicted octanol–water partition coefficient (Wildman–Crippen LogP) is 1.81. The summed E-state index contributed by atoms with van der Waals surface area (Å²) in [5.41, 5.74) is 5.37. The number of hydrazine groups is 1. The van der Waals surface area contributed by atoms with Gasteiger partial charge in [0.1, 0.15) is 5.75 Å². The highest BCUT2D eigenvalue weighted by molar-refractivity contribution is 5.95. The minimum Gasteiger partial charge on any atom is -0.497 e. The van der Waals surface area contributed by atoms with Gasteiger partial charge in [0.15, 0.2) is 0 Å². The van der Waals surface area contributed by atoms with E-state index in [2.05, 4.69) is 16.9 Å². The lowest BCUT2D eigenvalue weighted by molar-refractivity contribution is -0.126. The average molecular weight is 274 g/mol. The Morgan fingerprint density at radius 2 is 1.90 bits per heavy atom. The van der Waals surface area contributed by atoms with Crippen LogP contribution < -0.4 is 15.6 Å². The molecule has 20 heavy (non-hydrogen) atoms. The Bertz CT molecular complexity index is 508. The molecule has 1 aliphatic carbocycles. The Balaban J connectivity index is 1.84. The van der Waals surface area contributed by atoms with Gasteiger partial charge in [-0.25, -0.2) is 0 Å². The van der Waals surface area contributed by atoms with E-state index < -0.39 is 0 Å². The Hall–Kier alpha value is -2.30. The van der Waals surface area contributed by atoms with E-state index in [4.69, 9.17) is 4.74 Å². The summed E-state index contributed by atoms with van der Waals surface area (Å²) in [6.45, 7) is 0. The van der Waals surface area contributed by atoms with Gasteiger partial charge < -0.3 is 4.74 Å². The van der Waals surface area contributed by atoms with Crippen LogP contribution in [-0.4, -0.2) is 18.9 Å². The molecule has 5 heteroatoms. The minimum atomic E-state index is -0.340. The molecule has 106 valence electrons. The molecule has 5 nitrogen and oxygen atoms in total. The molecule has 0 bridgehead atoms. The lowest BCUT2D eigenvalue weighted by atomic mass is 9.94. The molecule has 0 radical (unpaired) electrons. The first kappa shape index (κ1) is 14.1. The quantitative estimate of drug-likeness (QED) is 0.652. The molecule has 1 aromatic carbocycles. The zero-order valence-corrected chi connectivity index (χ0v) is 11.4. The summed E-state index contributed by atoms with van der Waals surface area (Å²) in [5, 5.41) is 0. The van der Waals surface area contributed by atoms with Crippen LogP contribution in [0.25, 0.3) is 0 Å². The van der Waals surface area contributed by atoms with Crippen LogP contribution in [0.15, 0.2) is 36.4 Å². The van der Waals surface area contributed by atoms with Crippen molar-refractivity contribution in [3.63, 3.8) is 0 Å². The molecule has 0 unspecified atom stereocenters. The van der Waals surface area contributed by atoms with Gasteiger partial charge >= 0.3 is 0 Å². The van der Waals surface area contributed by atoms with Crippen LogP contribution in [0.4, 0.5) is 0 Å². The molecule has 0 aliphatic heterocycles. The Morgan fingerprint density at radius 3 is 2.50 bits per heavy atom. The third-order valence-electron chi connectivity index (χ3n) is 3.29. The number of carbonyl (C=O) groups excluding carboxylic acids is 2. The number of rotatable bonds is 3. The van der Waals surface area contributed by atoms with E-state index in [-0.39, 0.29) is 17.7 Å². The monoisotopic (exact) mass is 274 g/mol. The number of amides is 2. The lowest BCUT2D eigenvalue weighted by Crippen LogP contribution is -2.44. The van der Waals surface area contributed by atoms with Gasteiger partial charge in [-0.15, -0.1) is 0 Å². The first-order chi connectivity index (χ1) is 9.70. The summed E-state index contributed by atoms with van der Waals surface area (Å²) >= 11 is 0. The van der Waals surface area contributed by atoms with Gasteiger partial charge in [0.25, 0.3) is 5.91 Å². The topological polar surface area (TPSA) is 67.4 Å². The van der Waals surface area contributed by atoms with E-state index in [1.165, 1.54) is 0 Å². The number of ether oxygens (including phenoxy) is 1. The van der Waals surface area contributed by atoms with E-state index in [1.54, 1.807) is 31.4 Å². The van der Waals surface area contributed by atoms with Gasteiger partial charge in [0.05, 0.1) is 7.11 Å². The molecule has 2 N–H and O–H groups in total. The van der Waals surface area contributed by atoms with E-state index >= 15 is 0 Å². The second kappa shape index (κ2) is 6.75. The standard InChI is InChI=1S/C15H18N2O3/c1-20-13-9-7-12(8-10-13)15(19)17-16-14(18)11-5-3-2-4-6-11/h2-3,7-11H,4-6H2,1H3,(H,16,18)(H,17,19)/t11-/m0/s1. The van der Waals surface area contributed by atoms with Crippen molar-refractivity contribution in [3.05, 3.63) is 42.0 Å². The van der Waals surface area contributed by atoms with Crippen LogP contribution >= 0.6 is 0 Å². The van der Waals surface area contributed by atoms with Crippen molar-refractivity contribution in [3.8, 4) is 5.75 Å². The van der Waals surface area contributed by atoms with Crippen LogP contribution in [0.1, 0.15) is 29.6 Å². The Labute approximate surface area is 118 Å². The highest BCUT2D eigenvalue weighted by atomic mass is 16.5. The second-order valence-corrected chi connectivity index (χ2v) is 4.65. The number of allylic oxidation sites excluding steroid dienone is 2. The summed E-state index contributed by atoms with van der Waals surface area (Å²) in [7, 11) is 1.56. The maximum Gasteiger partial charge on any atom is 0.269 e. The molecule has 2 rings (SSSR count). The molecule has 1 aromatic rings. The van der Waals surface area contributed by atoms with Crippen molar-refractivity contribution in [2.24, 2.45) is 5.92 Å². The number of hydrogen-bond acceptors (Lipinski definition) is 3. The summed E-state index contributed by atoms with van der Waals surface area (Å²) < 4.78 is 5.02. The van der Waals surface area contributed by atoms with E-state index in [9.17, 15) is 9.59 Å². The molecule has 1 aliphatic rings. The molecule has 0 spiro atoms. The summed E-state index contributed by atoms with van der Waals surface area (Å²) in [6.07, 6.45) is 6.52. The molecule has 0 fully saturated rings. The Kier molecular flexibility index (Phi) is 4.76. The number of benzene rings is 1. The summed E-state index contributed by atoms with van der Waals surface area (Å²) in [6, 6.07) is 6.68. The normalized spacial score (nSPS) is 17.4. The van der Waals surface area contributed by atoms with Gasteiger partial charge in [0.2, 0.25) is 5.91 Å². The first-order valence-electron chi connectivity index (χ1n) is 6.60. The second-order valence-electron chi connectivity index (χ2n) is 4.65. The fourth-order valence-corrected chi connectivity index (χ4v) is 2.07. The van der Waals surface area contributed by atoms with E-state index in [0.29, 0.717) is 11.3 Å². The number of hydrogen-bond donors (Lipinski definition) is 2. The fourth-order valence-electron chi connectivity index (χ4n) is 2.07. The molecular weight excluding hydrogens is 256 g/mol. The largest absolute Gasteiger partial charge is 0.497 e. The molecule has 0 heterocycles. The molecule has 1 atom stereocenters. The SMILES string of the molecule is COc1ccc(C(=O)NNC(=O)[C@H]2CC=CCC2)cc1. The first-order valence-corrected chi connectivity index (χ1v) is 6.60. The van der Waals surface area contributed by atoms with Crippen molar-refractivity contribution in [1.29, 1.82) is 0 Å². The third kappa shape index (κ3) is 3.60. The molecule has 0 aromatic heterocycles. The highest BCUT2D eigenvalue weighted by Crippen LogP contribution is 2.17. The van der Waals surface area contributed by atoms with Crippen molar-refractivity contribution in [2.75, 3.05) is 7.11 Å². The maximum atomic E-state index is 11.9. The van der Waals surface area contributed by atoms with Crippen LogP contribution in [-0.2, 0) is 4.79 Å². The van der Waals surface area contributed by atoms with Gasteiger partial charge in [0, 0.05) is 11.5 Å². The fraction of sp³-hybridized carbons (Fsp3) is 0.333. The number of methoxy groups -OCH3 is 1. The smallest absolute Gasteiger partial charge is 0.269 e. The zero-order chi connectivity index (χ0) is 14.4. The zero-order valence-electron chi connectivity index (χ0n) is 11.4. The maximum absolute atomic E-state index is 11.9. The minimum absolute atomic E-state index is 0.0591. The summed E-state index contributed by atoms with van der Waals surface area (Å²) in [5.74, 6) is 0.138. The number of nitrogens with one attached hydrogen (secondary N) is 2. The Morgan fingerprint density at radius 1 is 1.15 bits per heavy atom. The van der Waals surface area contributed by atoms with Gasteiger partial charge in [-0.1, -0.05) is 12.2 Å². The van der Waals surface area contributed by atoms with Crippen LogP contribution in [0, 0.1) is 5.92 Å². The van der Waals surface area contributed by atoms with Gasteiger partial charge in [-0.2, -0.15) is 0 Å². The molecular formula is C15H18N2O3. The van der Waals surface area contributed by atoms with Crippen molar-refractivity contribution in [2.45, 2.75) is 19.3 Å². The molecule has 0 saturated heterocycles. The predicted molar refractivity (Wildman–Crippen MR) is 75.1 cm³/mol. The highest BCUT2D eigenvalue weighted by Gasteiger charge is 2.19. The molecule has 2 amide bonds. The van der Waals surface area contributed by atoms with Crippen molar-refractivity contribution < 1.29 is 14.3 Å².